The van der Waals surface area contributed by atoms with Gasteiger partial charge in [0.05, 0.1) is 16.7 Å². The van der Waals surface area contributed by atoms with Crippen LogP contribution in [0.5, 0.6) is 23.0 Å². The van der Waals surface area contributed by atoms with Gasteiger partial charge >= 0.3 is 12.1 Å². The lowest BCUT2D eigenvalue weighted by Crippen LogP contribution is -2.46. The van der Waals surface area contributed by atoms with Crippen LogP contribution in [0, 0.1) is 11.3 Å². The largest absolute Gasteiger partial charge is 0.454 e. The van der Waals surface area contributed by atoms with Crippen molar-refractivity contribution in [2.75, 3.05) is 112 Å². The van der Waals surface area contributed by atoms with Crippen LogP contribution < -0.4 is 50.0 Å². The van der Waals surface area contributed by atoms with Crippen LogP contribution in [-0.4, -0.2) is 114 Å². The van der Waals surface area contributed by atoms with E-state index in [1.807, 2.05) is 54.6 Å². The van der Waals surface area contributed by atoms with Crippen LogP contribution in [0.15, 0.2) is 84.9 Å². The summed E-state index contributed by atoms with van der Waals surface area (Å²) in [6, 6.07) is 29.2. The topological polar surface area (TPSA) is 161 Å². The summed E-state index contributed by atoms with van der Waals surface area (Å²) in [5.41, 5.74) is 8.66. The minimum absolute atomic E-state index is 0.208. The van der Waals surface area contributed by atoms with Gasteiger partial charge in [-0.2, -0.15) is 5.26 Å². The highest BCUT2D eigenvalue weighted by Crippen LogP contribution is 2.40. The number of hydrogen-bond donors (Lipinski definition) is 3. The molecule has 350 valence electrons. The fraction of sp³-hybridized carbons (Fsp3) is 0.367. The molecule has 6 heterocycles. The maximum absolute atomic E-state index is 12.2. The summed E-state index contributed by atoms with van der Waals surface area (Å²) in [7, 11) is 0. The SMILES string of the molecule is N#Cc1ccc2sc(N(CCCCN3CCN(c4ccc5c(c4)OCO5)CC3)C(N)=O)cc2c1.O=C(NCCCCN1CCN(c2ccc3c(c2)OCO3)CC1)Nc1sc2ccccc2c1Cl. The first-order chi connectivity index (χ1) is 32.8. The number of carbonyl (C=O) groups excluding carboxylic acids is 2. The number of nitrogens with two attached hydrogens (primary N) is 1. The van der Waals surface area contributed by atoms with Gasteiger partial charge in [-0.15, -0.1) is 22.7 Å². The Morgan fingerprint density at radius 1 is 0.701 bits per heavy atom. The normalized spacial score (nSPS) is 15.6. The molecular weight excluding hydrogens is 910 g/mol. The Bertz CT molecular complexity index is 2730. The molecule has 15 nitrogen and oxygen atoms in total. The van der Waals surface area contributed by atoms with Crippen LogP contribution >= 0.6 is 34.3 Å². The summed E-state index contributed by atoms with van der Waals surface area (Å²) in [6.45, 7) is 11.9. The molecule has 0 bridgehead atoms. The predicted molar refractivity (Wildman–Crippen MR) is 268 cm³/mol. The van der Waals surface area contributed by atoms with Gasteiger partial charge in [-0.1, -0.05) is 29.8 Å². The Hall–Kier alpha value is -6.16. The van der Waals surface area contributed by atoms with E-state index in [2.05, 4.69) is 60.6 Å². The molecule has 0 atom stereocenters. The highest BCUT2D eigenvalue weighted by atomic mass is 35.5. The second kappa shape index (κ2) is 21.6. The molecule has 4 N–H and O–H groups in total. The molecular formula is C49H54ClN9O6S2. The average molecular weight is 965 g/mol. The van der Waals surface area contributed by atoms with Crippen LogP contribution in [0.4, 0.5) is 31.0 Å². The van der Waals surface area contributed by atoms with Crippen molar-refractivity contribution in [2.24, 2.45) is 5.73 Å². The first-order valence-corrected chi connectivity index (χ1v) is 24.8. The number of nitriles is 1. The molecule has 2 aromatic heterocycles. The van der Waals surface area contributed by atoms with Gasteiger partial charge in [-0.05, 0) is 98.8 Å². The molecule has 4 aromatic carbocycles. The lowest BCUT2D eigenvalue weighted by Gasteiger charge is -2.36. The zero-order valence-electron chi connectivity index (χ0n) is 37.2. The molecule has 2 fully saturated rings. The van der Waals surface area contributed by atoms with Crippen LogP contribution in [0.1, 0.15) is 31.2 Å². The van der Waals surface area contributed by atoms with Gasteiger partial charge in [0.2, 0.25) is 13.6 Å². The monoisotopic (exact) mass is 963 g/mol. The van der Waals surface area contributed by atoms with Gasteiger partial charge in [-0.3, -0.25) is 20.0 Å². The molecule has 0 radical (unpaired) electrons. The Labute approximate surface area is 403 Å². The number of halogens is 1. The van der Waals surface area contributed by atoms with Gasteiger partial charge in [0, 0.05) is 104 Å². The number of thiophene rings is 2. The number of nitrogens with one attached hydrogen (secondary N) is 2. The third-order valence-corrected chi connectivity index (χ3v) is 15.1. The molecule has 0 aliphatic carbocycles. The molecule has 67 heavy (non-hydrogen) atoms. The minimum atomic E-state index is -0.440. The van der Waals surface area contributed by atoms with E-state index in [4.69, 9.17) is 41.5 Å². The quantitative estimate of drug-likeness (QED) is 0.0894. The van der Waals surface area contributed by atoms with E-state index in [1.54, 1.807) is 11.0 Å². The highest BCUT2D eigenvalue weighted by molar-refractivity contribution is 7.24. The standard InChI is InChI=1S/C25H27N5O3S.C24H27ClN4O3S/c26-16-18-3-6-23-19(13-18)14-24(34-23)30(25(27)31)8-2-1-7-28-9-11-29(12-10-28)20-4-5-21-22(15-20)33-17-32-21;25-22-18-5-1-2-6-21(18)33-23(22)27-24(30)26-9-3-4-10-28-11-13-29(14-12-28)17-7-8-19-20(15-17)32-16-31-19/h3-6,13-15H,1-2,7-12,17H2,(H2,27,31);1-2,5-8,15H,3-4,9-14,16H2,(H2,26,27,30). The molecule has 4 amide bonds. The second-order valence-corrected chi connectivity index (χ2v) is 19.2. The third kappa shape index (κ3) is 11.3. The molecule has 4 aliphatic rings. The van der Waals surface area contributed by atoms with Crippen molar-refractivity contribution >= 4 is 87.9 Å². The van der Waals surface area contributed by atoms with Gasteiger partial charge in [0.15, 0.2) is 23.0 Å². The number of amides is 4. The van der Waals surface area contributed by atoms with E-state index >= 15 is 0 Å². The Morgan fingerprint density at radius 3 is 1.93 bits per heavy atom. The smallest absolute Gasteiger partial charge is 0.319 e. The van der Waals surface area contributed by atoms with E-state index in [9.17, 15) is 9.59 Å². The van der Waals surface area contributed by atoms with Crippen molar-refractivity contribution in [2.45, 2.75) is 25.7 Å². The molecule has 10 rings (SSSR count). The summed E-state index contributed by atoms with van der Waals surface area (Å²) < 4.78 is 23.9. The predicted octanol–water partition coefficient (Wildman–Crippen LogP) is 9.00. The van der Waals surface area contributed by atoms with Crippen molar-refractivity contribution in [3.8, 4) is 29.1 Å². The lowest BCUT2D eigenvalue weighted by molar-refractivity contribution is 0.173. The fourth-order valence-corrected chi connectivity index (χ4v) is 11.1. The maximum Gasteiger partial charge on any atom is 0.319 e. The Kier molecular flexibility index (Phi) is 14.8. The lowest BCUT2D eigenvalue weighted by atomic mass is 10.2. The molecule has 18 heteroatoms. The van der Waals surface area contributed by atoms with Gasteiger partial charge in [-0.25, -0.2) is 9.59 Å². The number of anilines is 4. The van der Waals surface area contributed by atoms with Crippen LogP contribution in [0.25, 0.3) is 20.2 Å². The van der Waals surface area contributed by atoms with Crippen molar-refractivity contribution in [1.82, 2.24) is 15.1 Å². The summed E-state index contributed by atoms with van der Waals surface area (Å²) in [6.07, 6.45) is 3.87. The third-order valence-electron chi connectivity index (χ3n) is 12.4. The number of unbranched alkanes of at least 4 members (excludes halogenated alkanes) is 2. The van der Waals surface area contributed by atoms with E-state index < -0.39 is 6.03 Å². The summed E-state index contributed by atoms with van der Waals surface area (Å²) in [5, 5.41) is 19.0. The summed E-state index contributed by atoms with van der Waals surface area (Å²) in [4.78, 5) is 35.7. The van der Waals surface area contributed by atoms with Crippen LogP contribution in [0.3, 0.4) is 0 Å². The number of urea groups is 2. The number of piperazine rings is 2. The molecule has 4 aliphatic heterocycles. The van der Waals surface area contributed by atoms with Crippen molar-refractivity contribution in [1.29, 1.82) is 5.26 Å². The van der Waals surface area contributed by atoms with Crippen molar-refractivity contribution in [3.63, 3.8) is 0 Å². The van der Waals surface area contributed by atoms with Gasteiger partial charge < -0.3 is 39.8 Å². The Morgan fingerprint density at radius 2 is 1.31 bits per heavy atom. The van der Waals surface area contributed by atoms with E-state index in [0.29, 0.717) is 42.3 Å². The molecule has 0 saturated carbocycles. The van der Waals surface area contributed by atoms with Gasteiger partial charge in [0.25, 0.3) is 0 Å². The summed E-state index contributed by atoms with van der Waals surface area (Å²) in [5.74, 6) is 3.30. The number of carbonyl (C=O) groups is 2. The zero-order valence-corrected chi connectivity index (χ0v) is 39.6. The number of nitrogens with zero attached hydrogens (tertiary/aromatic N) is 6. The molecule has 2 saturated heterocycles. The van der Waals surface area contributed by atoms with E-state index in [1.165, 1.54) is 34.0 Å². The number of ether oxygens (including phenoxy) is 4. The first kappa shape index (κ1) is 46.0. The summed E-state index contributed by atoms with van der Waals surface area (Å²) >= 11 is 9.41. The fourth-order valence-electron chi connectivity index (χ4n) is 8.69. The average Bonchev–Trinajstić information content (AvgIpc) is 4.18. The number of benzene rings is 4. The van der Waals surface area contributed by atoms with Crippen molar-refractivity contribution in [3.05, 3.63) is 95.5 Å². The molecule has 0 unspecified atom stereocenters. The van der Waals surface area contributed by atoms with Crippen molar-refractivity contribution < 1.29 is 28.5 Å². The molecule has 0 spiro atoms. The number of fused-ring (bicyclic) bond motifs is 4. The second-order valence-electron chi connectivity index (χ2n) is 16.7. The van der Waals surface area contributed by atoms with Crippen LogP contribution in [-0.2, 0) is 0 Å². The zero-order chi connectivity index (χ0) is 46.1. The Balaban J connectivity index is 0.000000168. The van der Waals surface area contributed by atoms with E-state index in [-0.39, 0.29) is 6.03 Å². The first-order valence-electron chi connectivity index (χ1n) is 22.7. The minimum Gasteiger partial charge on any atom is -0.454 e. The number of rotatable bonds is 14. The number of hydrogen-bond acceptors (Lipinski definition) is 13. The van der Waals surface area contributed by atoms with Gasteiger partial charge in [0.1, 0.15) is 10.0 Å². The van der Waals surface area contributed by atoms with E-state index in [0.717, 1.165) is 139 Å². The number of primary amides is 1. The maximum atomic E-state index is 12.2. The molecule has 6 aromatic rings. The van der Waals surface area contributed by atoms with Crippen LogP contribution in [0.2, 0.25) is 5.02 Å². The highest BCUT2D eigenvalue weighted by Gasteiger charge is 2.23.